The summed E-state index contributed by atoms with van der Waals surface area (Å²) in [6, 6.07) is 0.286. The Balaban J connectivity index is 2.49. The molecule has 1 aromatic rings. The van der Waals surface area contributed by atoms with Crippen LogP contribution in [-0.4, -0.2) is 20.8 Å². The van der Waals surface area contributed by atoms with Crippen LogP contribution >= 0.6 is 0 Å². The van der Waals surface area contributed by atoms with Gasteiger partial charge in [0.15, 0.2) is 0 Å². The van der Waals surface area contributed by atoms with Crippen molar-refractivity contribution in [1.82, 2.24) is 14.8 Å². The molecule has 0 spiro atoms. The van der Waals surface area contributed by atoms with Crippen LogP contribution in [0.15, 0.2) is 6.33 Å². The van der Waals surface area contributed by atoms with Crippen LogP contribution in [0.25, 0.3) is 0 Å². The molecule has 2 N–H and O–H groups in total. The highest BCUT2D eigenvalue weighted by atomic mass is 15.3. The monoisotopic (exact) mass is 210 g/mol. The maximum atomic E-state index is 5.88. The van der Waals surface area contributed by atoms with Gasteiger partial charge >= 0.3 is 0 Å². The molecule has 0 aromatic carbocycles. The lowest BCUT2D eigenvalue weighted by Gasteiger charge is -2.10. The summed E-state index contributed by atoms with van der Waals surface area (Å²) in [5, 5.41) is 4.22. The standard InChI is InChI=1S/C11H22N4/c1-4-10(12)5-6-11-13-8-14-15(11)7-9(2)3/h8-10H,4-7,12H2,1-3H3. The molecular formula is C11H22N4. The van der Waals surface area contributed by atoms with Crippen LogP contribution in [0.1, 0.15) is 39.4 Å². The summed E-state index contributed by atoms with van der Waals surface area (Å²) in [4.78, 5) is 4.27. The second-order valence-corrected chi connectivity index (χ2v) is 4.46. The van der Waals surface area contributed by atoms with Gasteiger partial charge < -0.3 is 5.73 Å². The molecule has 0 amide bonds. The molecular weight excluding hydrogens is 188 g/mol. The predicted octanol–water partition coefficient (Wildman–Crippen LogP) is 1.60. The van der Waals surface area contributed by atoms with Crippen LogP contribution in [0.5, 0.6) is 0 Å². The number of nitrogens with two attached hydrogens (primary N) is 1. The molecule has 4 heteroatoms. The van der Waals surface area contributed by atoms with Gasteiger partial charge in [0.1, 0.15) is 12.2 Å². The Morgan fingerprint density at radius 1 is 1.47 bits per heavy atom. The van der Waals surface area contributed by atoms with Gasteiger partial charge in [-0.3, -0.25) is 0 Å². The highest BCUT2D eigenvalue weighted by Gasteiger charge is 2.07. The molecule has 0 saturated heterocycles. The minimum Gasteiger partial charge on any atom is -0.328 e. The van der Waals surface area contributed by atoms with Crippen LogP contribution in [0, 0.1) is 5.92 Å². The fraction of sp³-hybridized carbons (Fsp3) is 0.818. The van der Waals surface area contributed by atoms with Crippen LogP contribution in [-0.2, 0) is 13.0 Å². The van der Waals surface area contributed by atoms with Gasteiger partial charge in [-0.25, -0.2) is 9.67 Å². The first-order chi connectivity index (χ1) is 7.13. The highest BCUT2D eigenvalue weighted by Crippen LogP contribution is 2.05. The van der Waals surface area contributed by atoms with Crippen LogP contribution in [0.2, 0.25) is 0 Å². The summed E-state index contributed by atoms with van der Waals surface area (Å²) in [6.45, 7) is 7.42. The average molecular weight is 210 g/mol. The van der Waals surface area contributed by atoms with E-state index in [4.69, 9.17) is 5.73 Å². The third-order valence-electron chi connectivity index (χ3n) is 2.50. The van der Waals surface area contributed by atoms with Gasteiger partial charge in [-0.1, -0.05) is 20.8 Å². The van der Waals surface area contributed by atoms with Crippen molar-refractivity contribution >= 4 is 0 Å². The molecule has 86 valence electrons. The van der Waals surface area contributed by atoms with Crippen molar-refractivity contribution in [2.75, 3.05) is 0 Å². The van der Waals surface area contributed by atoms with E-state index in [-0.39, 0.29) is 6.04 Å². The Labute approximate surface area is 91.9 Å². The SMILES string of the molecule is CCC(N)CCc1ncnn1CC(C)C. The molecule has 1 atom stereocenters. The summed E-state index contributed by atoms with van der Waals surface area (Å²) < 4.78 is 1.99. The summed E-state index contributed by atoms with van der Waals surface area (Å²) in [7, 11) is 0. The van der Waals surface area contributed by atoms with Crippen LogP contribution < -0.4 is 5.73 Å². The third kappa shape index (κ3) is 4.00. The normalized spacial score (nSPS) is 13.4. The van der Waals surface area contributed by atoms with Gasteiger partial charge in [-0.05, 0) is 18.8 Å². The van der Waals surface area contributed by atoms with Gasteiger partial charge in [0.05, 0.1) is 0 Å². The molecule has 0 bridgehead atoms. The topological polar surface area (TPSA) is 56.7 Å². The van der Waals surface area contributed by atoms with Crippen molar-refractivity contribution in [3.05, 3.63) is 12.2 Å². The summed E-state index contributed by atoms with van der Waals surface area (Å²) in [5.41, 5.74) is 5.88. The molecule has 15 heavy (non-hydrogen) atoms. The maximum absolute atomic E-state index is 5.88. The Morgan fingerprint density at radius 2 is 2.20 bits per heavy atom. The molecule has 0 aliphatic rings. The third-order valence-corrected chi connectivity index (χ3v) is 2.50. The molecule has 1 aromatic heterocycles. The lowest BCUT2D eigenvalue weighted by molar-refractivity contribution is 0.458. The number of rotatable bonds is 6. The Morgan fingerprint density at radius 3 is 2.80 bits per heavy atom. The molecule has 1 rings (SSSR count). The quantitative estimate of drug-likeness (QED) is 0.776. The van der Waals surface area contributed by atoms with Crippen molar-refractivity contribution in [2.45, 2.75) is 52.6 Å². The minimum atomic E-state index is 0.286. The molecule has 0 aliphatic heterocycles. The van der Waals surface area contributed by atoms with Crippen molar-refractivity contribution in [3.63, 3.8) is 0 Å². The van der Waals surface area contributed by atoms with E-state index in [1.165, 1.54) is 0 Å². The number of hydrogen-bond donors (Lipinski definition) is 1. The Kier molecular flexibility index (Phi) is 4.75. The first-order valence-corrected chi connectivity index (χ1v) is 5.75. The second-order valence-electron chi connectivity index (χ2n) is 4.46. The van der Waals surface area contributed by atoms with Crippen LogP contribution in [0.4, 0.5) is 0 Å². The van der Waals surface area contributed by atoms with Gasteiger partial charge in [-0.2, -0.15) is 5.10 Å². The zero-order valence-corrected chi connectivity index (χ0v) is 9.98. The van der Waals surface area contributed by atoms with E-state index >= 15 is 0 Å². The van der Waals surface area contributed by atoms with E-state index in [2.05, 4.69) is 30.9 Å². The number of nitrogens with zero attached hydrogens (tertiary/aromatic N) is 3. The molecule has 4 nitrogen and oxygen atoms in total. The van der Waals surface area contributed by atoms with Crippen molar-refractivity contribution in [2.24, 2.45) is 11.7 Å². The van der Waals surface area contributed by atoms with Gasteiger partial charge in [0.2, 0.25) is 0 Å². The zero-order chi connectivity index (χ0) is 11.3. The Hall–Kier alpha value is -0.900. The van der Waals surface area contributed by atoms with E-state index in [1.54, 1.807) is 6.33 Å². The van der Waals surface area contributed by atoms with E-state index in [0.29, 0.717) is 5.92 Å². The number of aryl methyl sites for hydroxylation is 1. The largest absolute Gasteiger partial charge is 0.328 e. The van der Waals surface area contributed by atoms with E-state index in [1.807, 2.05) is 4.68 Å². The minimum absolute atomic E-state index is 0.286. The maximum Gasteiger partial charge on any atom is 0.138 e. The number of hydrogen-bond acceptors (Lipinski definition) is 3. The lowest BCUT2D eigenvalue weighted by atomic mass is 10.1. The van der Waals surface area contributed by atoms with E-state index in [9.17, 15) is 0 Å². The first-order valence-electron chi connectivity index (χ1n) is 5.75. The van der Waals surface area contributed by atoms with E-state index < -0.39 is 0 Å². The van der Waals surface area contributed by atoms with Crippen LogP contribution in [0.3, 0.4) is 0 Å². The fourth-order valence-electron chi connectivity index (χ4n) is 1.50. The van der Waals surface area contributed by atoms with Crippen molar-refractivity contribution < 1.29 is 0 Å². The smallest absolute Gasteiger partial charge is 0.138 e. The highest BCUT2D eigenvalue weighted by molar-refractivity contribution is 4.86. The summed E-state index contributed by atoms with van der Waals surface area (Å²) in [5.74, 6) is 1.66. The second kappa shape index (κ2) is 5.85. The average Bonchev–Trinajstić information content (AvgIpc) is 2.61. The zero-order valence-electron chi connectivity index (χ0n) is 9.98. The summed E-state index contributed by atoms with van der Waals surface area (Å²) >= 11 is 0. The van der Waals surface area contributed by atoms with Crippen molar-refractivity contribution in [1.29, 1.82) is 0 Å². The Bertz CT molecular complexity index is 280. The van der Waals surface area contributed by atoms with Crippen molar-refractivity contribution in [3.8, 4) is 0 Å². The van der Waals surface area contributed by atoms with Gasteiger partial charge in [0.25, 0.3) is 0 Å². The predicted molar refractivity (Wildman–Crippen MR) is 61.4 cm³/mol. The number of aromatic nitrogens is 3. The molecule has 0 fully saturated rings. The fourth-order valence-corrected chi connectivity index (χ4v) is 1.50. The van der Waals surface area contributed by atoms with Gasteiger partial charge in [0, 0.05) is 19.0 Å². The molecule has 1 unspecified atom stereocenters. The molecule has 0 radical (unpaired) electrons. The molecule has 0 saturated carbocycles. The summed E-state index contributed by atoms with van der Waals surface area (Å²) in [6.07, 6.45) is 4.59. The van der Waals surface area contributed by atoms with E-state index in [0.717, 1.165) is 31.6 Å². The molecule has 0 aliphatic carbocycles. The lowest BCUT2D eigenvalue weighted by Crippen LogP contribution is -2.20. The van der Waals surface area contributed by atoms with Gasteiger partial charge in [-0.15, -0.1) is 0 Å². The first kappa shape index (κ1) is 12.2. The molecule has 1 heterocycles.